The highest BCUT2D eigenvalue weighted by molar-refractivity contribution is 5.68. The molecule has 1 atom stereocenters. The van der Waals surface area contributed by atoms with E-state index in [9.17, 15) is 18.0 Å². The third kappa shape index (κ3) is 6.33. The Balaban J connectivity index is 1.09. The molecule has 14 heteroatoms. The fourth-order valence-corrected chi connectivity index (χ4v) is 6.66. The Morgan fingerprint density at radius 2 is 1.61 bits per heavy atom. The van der Waals surface area contributed by atoms with Crippen molar-refractivity contribution >= 4 is 17.7 Å². The SMILES string of the molecule is Cc1cnn(C2COC2)c1C1CCN(c2cc(N3CC(N4CCN(C(=O)OC(C)(C)C)[C@H](C)C4)C3)nc(C(F)(F)F)n2)CC1. The van der Waals surface area contributed by atoms with Crippen molar-refractivity contribution in [3.63, 3.8) is 0 Å². The van der Waals surface area contributed by atoms with E-state index < -0.39 is 17.6 Å². The lowest BCUT2D eigenvalue weighted by Gasteiger charge is -2.50. The Hall–Kier alpha value is -3.13. The quantitative estimate of drug-likeness (QED) is 0.490. The average molecular weight is 621 g/mol. The van der Waals surface area contributed by atoms with Gasteiger partial charge in [-0.3, -0.25) is 9.58 Å². The molecule has 0 unspecified atom stereocenters. The molecule has 11 nitrogen and oxygen atoms in total. The molecule has 2 aromatic rings. The largest absolute Gasteiger partial charge is 0.451 e. The molecule has 4 aliphatic heterocycles. The van der Waals surface area contributed by atoms with E-state index >= 15 is 0 Å². The highest BCUT2D eigenvalue weighted by Crippen LogP contribution is 2.37. The van der Waals surface area contributed by atoms with Gasteiger partial charge in [0.25, 0.3) is 0 Å². The van der Waals surface area contributed by atoms with Gasteiger partial charge in [0.05, 0.1) is 25.5 Å². The number of alkyl halides is 3. The van der Waals surface area contributed by atoms with Gasteiger partial charge in [-0.1, -0.05) is 0 Å². The maximum atomic E-state index is 13.9. The van der Waals surface area contributed by atoms with Gasteiger partial charge in [0.1, 0.15) is 17.2 Å². The van der Waals surface area contributed by atoms with Crippen LogP contribution in [0.5, 0.6) is 0 Å². The molecule has 4 saturated heterocycles. The van der Waals surface area contributed by atoms with Crippen LogP contribution in [-0.4, -0.2) is 112 Å². The number of amides is 1. The van der Waals surface area contributed by atoms with E-state index in [-0.39, 0.29) is 30.1 Å². The lowest BCUT2D eigenvalue weighted by atomic mass is 9.91. The molecule has 0 aromatic carbocycles. The van der Waals surface area contributed by atoms with Crippen molar-refractivity contribution in [2.24, 2.45) is 0 Å². The normalized spacial score (nSPS) is 23.1. The molecule has 0 aliphatic carbocycles. The third-order valence-electron chi connectivity index (χ3n) is 9.14. The van der Waals surface area contributed by atoms with Crippen molar-refractivity contribution in [2.45, 2.75) is 83.3 Å². The molecule has 4 aliphatic rings. The van der Waals surface area contributed by atoms with Crippen molar-refractivity contribution in [1.29, 1.82) is 0 Å². The molecule has 1 amide bonds. The first-order chi connectivity index (χ1) is 20.8. The van der Waals surface area contributed by atoms with Crippen LogP contribution in [0.3, 0.4) is 0 Å². The van der Waals surface area contributed by atoms with Gasteiger partial charge in [0.15, 0.2) is 0 Å². The Kier molecular flexibility index (Phi) is 8.18. The first-order valence-electron chi connectivity index (χ1n) is 15.6. The van der Waals surface area contributed by atoms with Crippen LogP contribution >= 0.6 is 0 Å². The summed E-state index contributed by atoms with van der Waals surface area (Å²) in [7, 11) is 0. The summed E-state index contributed by atoms with van der Waals surface area (Å²) < 4.78 is 54.8. The zero-order chi connectivity index (χ0) is 31.4. The molecule has 6 heterocycles. The van der Waals surface area contributed by atoms with Crippen molar-refractivity contribution < 1.29 is 27.4 Å². The van der Waals surface area contributed by atoms with Gasteiger partial charge in [-0.05, 0) is 53.0 Å². The number of nitrogens with zero attached hydrogens (tertiary/aromatic N) is 8. The van der Waals surface area contributed by atoms with Crippen LogP contribution in [0.2, 0.25) is 0 Å². The number of halogens is 3. The maximum absolute atomic E-state index is 13.9. The van der Waals surface area contributed by atoms with Gasteiger partial charge < -0.3 is 24.2 Å². The molecule has 0 spiro atoms. The minimum atomic E-state index is -4.64. The fourth-order valence-electron chi connectivity index (χ4n) is 6.66. The zero-order valence-corrected chi connectivity index (χ0v) is 26.2. The highest BCUT2D eigenvalue weighted by Gasteiger charge is 2.41. The number of hydrogen-bond donors (Lipinski definition) is 0. The number of ether oxygens (including phenoxy) is 2. The predicted molar refractivity (Wildman–Crippen MR) is 158 cm³/mol. The summed E-state index contributed by atoms with van der Waals surface area (Å²) in [5.74, 6) is -0.192. The standard InChI is InChI=1S/C30H43F3N8O3/c1-19-13-34-41(23-17-43-18-23)26(19)21-6-8-37(9-7-21)24-12-25(36-27(35-24)30(31,32)33)39-15-22(16-39)38-10-11-40(20(2)14-38)28(42)44-29(3,4)5/h12-13,20-23H,6-11,14-18H2,1-5H3/t20-/m1/s1. The number of aromatic nitrogens is 4. The lowest BCUT2D eigenvalue weighted by molar-refractivity contribution is -0.144. The summed E-state index contributed by atoms with van der Waals surface area (Å²) in [6.45, 7) is 15.2. The maximum Gasteiger partial charge on any atom is 0.451 e. The second-order valence-corrected chi connectivity index (χ2v) is 13.6. The van der Waals surface area contributed by atoms with E-state index in [1.807, 2.05) is 43.7 Å². The van der Waals surface area contributed by atoms with E-state index in [0.29, 0.717) is 70.7 Å². The third-order valence-corrected chi connectivity index (χ3v) is 9.14. The molecular weight excluding hydrogens is 577 g/mol. The Morgan fingerprint density at radius 1 is 0.955 bits per heavy atom. The number of hydrogen-bond acceptors (Lipinski definition) is 9. The van der Waals surface area contributed by atoms with E-state index in [2.05, 4.69) is 31.6 Å². The number of carbonyl (C=O) groups excluding carboxylic acids is 1. The van der Waals surface area contributed by atoms with Gasteiger partial charge in [-0.15, -0.1) is 0 Å². The number of anilines is 2. The Bertz CT molecular complexity index is 1340. The molecule has 6 rings (SSSR count). The second kappa shape index (κ2) is 11.7. The minimum absolute atomic E-state index is 0.0254. The molecule has 0 radical (unpaired) electrons. The summed E-state index contributed by atoms with van der Waals surface area (Å²) in [5, 5.41) is 4.59. The predicted octanol–water partition coefficient (Wildman–Crippen LogP) is 4.09. The molecule has 2 aromatic heterocycles. The van der Waals surface area contributed by atoms with Crippen LogP contribution in [0, 0.1) is 6.92 Å². The summed E-state index contributed by atoms with van der Waals surface area (Å²) in [6.07, 6.45) is -1.45. The van der Waals surface area contributed by atoms with Crippen LogP contribution < -0.4 is 9.80 Å². The molecule has 0 N–H and O–H groups in total. The van der Waals surface area contributed by atoms with E-state index in [1.165, 1.54) is 5.69 Å². The first-order valence-corrected chi connectivity index (χ1v) is 15.6. The summed E-state index contributed by atoms with van der Waals surface area (Å²) in [5.41, 5.74) is 1.80. The second-order valence-electron chi connectivity index (χ2n) is 13.6. The highest BCUT2D eigenvalue weighted by atomic mass is 19.4. The number of rotatable bonds is 5. The van der Waals surface area contributed by atoms with Gasteiger partial charge in [-0.2, -0.15) is 18.3 Å². The summed E-state index contributed by atoms with van der Waals surface area (Å²) in [6, 6.07) is 2.11. The molecule has 0 bridgehead atoms. The van der Waals surface area contributed by atoms with E-state index in [1.54, 1.807) is 11.0 Å². The van der Waals surface area contributed by atoms with Crippen LogP contribution in [0.25, 0.3) is 0 Å². The molecular formula is C30H43F3N8O3. The average Bonchev–Trinajstić information content (AvgIpc) is 3.25. The summed E-state index contributed by atoms with van der Waals surface area (Å²) in [4.78, 5) is 28.4. The van der Waals surface area contributed by atoms with Gasteiger partial charge in [0.2, 0.25) is 5.82 Å². The number of piperazine rings is 1. The molecule has 4 fully saturated rings. The number of piperidine rings is 1. The van der Waals surface area contributed by atoms with Gasteiger partial charge in [0, 0.05) is 75.6 Å². The van der Waals surface area contributed by atoms with E-state index in [0.717, 1.165) is 18.4 Å². The van der Waals surface area contributed by atoms with Gasteiger partial charge in [-0.25, -0.2) is 14.8 Å². The van der Waals surface area contributed by atoms with Crippen molar-refractivity contribution in [1.82, 2.24) is 29.5 Å². The molecule has 0 saturated carbocycles. The van der Waals surface area contributed by atoms with Crippen LogP contribution in [0.1, 0.15) is 69.6 Å². The van der Waals surface area contributed by atoms with E-state index in [4.69, 9.17) is 9.47 Å². The minimum Gasteiger partial charge on any atom is -0.444 e. The van der Waals surface area contributed by atoms with Crippen molar-refractivity contribution in [2.75, 3.05) is 68.8 Å². The number of aryl methyl sites for hydroxylation is 1. The Morgan fingerprint density at radius 3 is 2.18 bits per heavy atom. The number of carbonyl (C=O) groups is 1. The van der Waals surface area contributed by atoms with Crippen LogP contribution in [0.4, 0.5) is 29.6 Å². The fraction of sp³-hybridized carbons (Fsp3) is 0.733. The van der Waals surface area contributed by atoms with Crippen molar-refractivity contribution in [3.05, 3.63) is 29.3 Å². The molecule has 242 valence electrons. The topological polar surface area (TPSA) is 92.1 Å². The monoisotopic (exact) mass is 620 g/mol. The van der Waals surface area contributed by atoms with Crippen LogP contribution in [-0.2, 0) is 15.7 Å². The van der Waals surface area contributed by atoms with Gasteiger partial charge >= 0.3 is 12.3 Å². The van der Waals surface area contributed by atoms with Crippen molar-refractivity contribution in [3.8, 4) is 0 Å². The first kappa shape index (κ1) is 30.9. The lowest BCUT2D eigenvalue weighted by Crippen LogP contribution is -2.65. The van der Waals surface area contributed by atoms with Crippen LogP contribution in [0.15, 0.2) is 12.3 Å². The summed E-state index contributed by atoms with van der Waals surface area (Å²) >= 11 is 0. The Labute approximate surface area is 256 Å². The molecule has 44 heavy (non-hydrogen) atoms. The zero-order valence-electron chi connectivity index (χ0n) is 26.2. The smallest absolute Gasteiger partial charge is 0.444 e.